The van der Waals surface area contributed by atoms with Gasteiger partial charge in [0, 0.05) is 19.3 Å². The Morgan fingerprint density at radius 2 is 0.400 bits per heavy atom. The molecule has 18 heteroatoms. The predicted octanol–water partition coefficient (Wildman–Crippen LogP) is 31.6. The summed E-state index contributed by atoms with van der Waals surface area (Å²) in [6.07, 6.45) is 129. The summed E-state index contributed by atoms with van der Waals surface area (Å²) >= 11 is 0. The maximum atomic E-state index is 13.1. The molecule has 0 saturated heterocycles. The van der Waals surface area contributed by atoms with Crippen LogP contribution in [0.3, 0.4) is 0 Å². The molecule has 0 rings (SSSR count). The van der Waals surface area contributed by atoms with E-state index in [9.17, 15) is 43.5 Å². The van der Waals surface area contributed by atoms with Gasteiger partial charge in [0.2, 0.25) is 0 Å². The summed E-state index contributed by atoms with van der Waals surface area (Å²) in [6.45, 7) is 2.41. The molecule has 0 fully saturated rings. The van der Waals surface area contributed by atoms with E-state index >= 15 is 0 Å². The highest BCUT2D eigenvalue weighted by molar-refractivity contribution is 7.47. The van der Waals surface area contributed by atoms with Crippen LogP contribution in [0.15, 0.2) is 182 Å². The molecule has 0 aliphatic heterocycles. The first-order valence-electron chi connectivity index (χ1n) is 50.1. The number of phosphoric acid groups is 2. The predicted molar refractivity (Wildman–Crippen MR) is 528 cm³/mol. The molecule has 0 saturated carbocycles. The summed E-state index contributed by atoms with van der Waals surface area (Å²) in [7, 11) is -9.82. The van der Waals surface area contributed by atoms with Crippen molar-refractivity contribution >= 4 is 33.6 Å². The monoisotopic (exact) mass is 1790 g/mol. The van der Waals surface area contributed by atoms with Crippen molar-refractivity contribution in [2.45, 2.75) is 437 Å². The van der Waals surface area contributed by atoms with Gasteiger partial charge >= 0.3 is 33.6 Å². The standard InChI is InChI=1S/C107H182O16P2/c1-4-7-10-13-16-19-22-25-28-31-34-37-40-43-46-48-49-50-51-53-56-57-60-63-66-69-72-75-78-81-84-87-90-93-105(110)117-96-102(108)97-119-124(113,114)120-98-103(109)99-121-125(115,116)122-101-104(123-107(112)95-92-89-86-83-80-77-74-71-68-65-62-59-54-45-42-39-36-33-30-27-24-21-18-15-12-9-6-3)100-118-106(111)94-91-88-85-82-79-76-73-70-67-64-61-58-55-52-47-44-41-38-35-32-29-26-23-20-17-14-11-8-5-2/h7-12,16-21,25-30,34-39,43-47,54,102-104,108-109H,4-6,13-15,22-24,31-33,40-42,48-53,55-101H2,1-3H3,(H,113,114)(H,115,116)/b10-7-,11-8-,12-9-,19-16-,20-17-,21-18-,28-25-,29-26-,30-27-,37-34-,38-35-,39-36-,46-43-,47-44-,54-45-. The Balaban J connectivity index is 4.60. The minimum atomic E-state index is -4.95. The molecule has 125 heavy (non-hydrogen) atoms. The second-order valence-corrected chi connectivity index (χ2v) is 36.0. The quantitative estimate of drug-likeness (QED) is 0.0146. The summed E-state index contributed by atoms with van der Waals surface area (Å²) in [5.74, 6) is -1.57. The summed E-state index contributed by atoms with van der Waals surface area (Å²) in [5, 5.41) is 20.8. The SMILES string of the molecule is CC/C=C\C/C=C\C/C=C\C/C=C\C/C=C\CCCCCCCCCCCCCCCCCCCC(=O)OCC(O)COP(=O)(O)OCC(O)COP(=O)(O)OCC(COC(=O)CCCCCCCCCCCCCCC/C=C\C/C=C\C/C=C\C/C=C\C/C=C\CC)OC(=O)CCCCCCCCCCCCC/C=C\C/C=C\C/C=C\C/C=C\C/C=C\CC. The fourth-order valence-electron chi connectivity index (χ4n) is 13.7. The number of carbonyl (C=O) groups excluding carboxylic acids is 3. The third kappa shape index (κ3) is 99.1. The number of allylic oxidation sites excluding steroid dienone is 30. The van der Waals surface area contributed by atoms with Gasteiger partial charge in [-0.25, -0.2) is 9.13 Å². The Morgan fingerprint density at radius 1 is 0.224 bits per heavy atom. The highest BCUT2D eigenvalue weighted by Gasteiger charge is 2.30. The maximum Gasteiger partial charge on any atom is 0.472 e. The second-order valence-electron chi connectivity index (χ2n) is 33.1. The van der Waals surface area contributed by atoms with Gasteiger partial charge < -0.3 is 34.2 Å². The van der Waals surface area contributed by atoms with Gasteiger partial charge in [0.25, 0.3) is 0 Å². The third-order valence-corrected chi connectivity index (χ3v) is 23.0. The van der Waals surface area contributed by atoms with Crippen molar-refractivity contribution in [1.29, 1.82) is 0 Å². The van der Waals surface area contributed by atoms with Crippen molar-refractivity contribution in [2.75, 3.05) is 39.6 Å². The molecule has 5 unspecified atom stereocenters. The first-order valence-corrected chi connectivity index (χ1v) is 53.1. The minimum Gasteiger partial charge on any atom is -0.463 e. The van der Waals surface area contributed by atoms with Gasteiger partial charge in [-0.2, -0.15) is 0 Å². The fourth-order valence-corrected chi connectivity index (χ4v) is 15.2. The summed E-state index contributed by atoms with van der Waals surface area (Å²) in [4.78, 5) is 59.2. The van der Waals surface area contributed by atoms with Crippen molar-refractivity contribution in [3.8, 4) is 0 Å². The number of esters is 3. The third-order valence-electron chi connectivity index (χ3n) is 21.1. The van der Waals surface area contributed by atoms with E-state index in [1.807, 2.05) is 0 Å². The molecule has 0 aromatic carbocycles. The smallest absolute Gasteiger partial charge is 0.463 e. The van der Waals surface area contributed by atoms with Gasteiger partial charge in [-0.15, -0.1) is 0 Å². The molecule has 0 radical (unpaired) electrons. The van der Waals surface area contributed by atoms with E-state index in [4.69, 9.17) is 32.3 Å². The molecule has 0 bridgehead atoms. The van der Waals surface area contributed by atoms with Crippen molar-refractivity contribution in [3.05, 3.63) is 182 Å². The van der Waals surface area contributed by atoms with Crippen LogP contribution >= 0.6 is 15.6 Å². The van der Waals surface area contributed by atoms with Gasteiger partial charge in [0.1, 0.15) is 25.4 Å². The number of ether oxygens (including phenoxy) is 3. The molecule has 0 heterocycles. The Bertz CT molecular complexity index is 3000. The molecule has 716 valence electrons. The maximum absolute atomic E-state index is 13.1. The van der Waals surface area contributed by atoms with E-state index in [2.05, 4.69) is 203 Å². The zero-order valence-corrected chi connectivity index (χ0v) is 81.0. The average molecular weight is 1790 g/mol. The van der Waals surface area contributed by atoms with Gasteiger partial charge in [0.05, 0.1) is 26.4 Å². The number of aliphatic hydroxyl groups is 2. The molecule has 0 aromatic heterocycles. The number of rotatable bonds is 94. The van der Waals surface area contributed by atoms with Crippen molar-refractivity contribution < 1.29 is 75.8 Å². The summed E-state index contributed by atoms with van der Waals surface area (Å²) in [6, 6.07) is 0. The average Bonchev–Trinajstić information content (AvgIpc) is 0.902. The van der Waals surface area contributed by atoms with Gasteiger partial charge in [0.15, 0.2) is 6.10 Å². The largest absolute Gasteiger partial charge is 0.472 e. The van der Waals surface area contributed by atoms with Crippen molar-refractivity contribution in [3.63, 3.8) is 0 Å². The zero-order chi connectivity index (χ0) is 90.7. The van der Waals surface area contributed by atoms with Crippen LogP contribution in [0.4, 0.5) is 0 Å². The zero-order valence-electron chi connectivity index (χ0n) is 79.2. The van der Waals surface area contributed by atoms with Crippen molar-refractivity contribution in [2.24, 2.45) is 0 Å². The number of unbranched alkanes of at least 4 members (excludes halogenated alkanes) is 41. The van der Waals surface area contributed by atoms with E-state index in [0.717, 1.165) is 180 Å². The highest BCUT2D eigenvalue weighted by Crippen LogP contribution is 2.45. The van der Waals surface area contributed by atoms with E-state index in [1.165, 1.54) is 180 Å². The number of aliphatic hydroxyl groups excluding tert-OH is 2. The Labute approximate surface area is 764 Å². The minimum absolute atomic E-state index is 0.0964. The van der Waals surface area contributed by atoms with Crippen LogP contribution in [0, 0.1) is 0 Å². The summed E-state index contributed by atoms with van der Waals surface area (Å²) < 4.78 is 61.7. The van der Waals surface area contributed by atoms with E-state index in [0.29, 0.717) is 19.3 Å². The number of hydrogen-bond acceptors (Lipinski definition) is 14. The van der Waals surface area contributed by atoms with Crippen LogP contribution in [0.25, 0.3) is 0 Å². The van der Waals surface area contributed by atoms with E-state index in [-0.39, 0.29) is 19.3 Å². The van der Waals surface area contributed by atoms with Gasteiger partial charge in [-0.3, -0.25) is 32.5 Å². The first-order chi connectivity index (χ1) is 61.2. The van der Waals surface area contributed by atoms with E-state index < -0.39 is 91.5 Å². The lowest BCUT2D eigenvalue weighted by Crippen LogP contribution is -2.30. The molecule has 0 aromatic rings. The van der Waals surface area contributed by atoms with Gasteiger partial charge in [-0.05, 0) is 154 Å². The molecule has 0 aliphatic rings. The Kier molecular flexibility index (Phi) is 93.5. The van der Waals surface area contributed by atoms with Crippen LogP contribution in [0.2, 0.25) is 0 Å². The molecular formula is C107H182O16P2. The second kappa shape index (κ2) is 97.7. The lowest BCUT2D eigenvalue weighted by Gasteiger charge is -2.21. The highest BCUT2D eigenvalue weighted by atomic mass is 31.2. The normalized spacial score (nSPS) is 14.5. The van der Waals surface area contributed by atoms with Crippen LogP contribution in [-0.4, -0.2) is 95.9 Å². The number of hydrogen-bond donors (Lipinski definition) is 4. The number of carbonyl (C=O) groups is 3. The Hall–Kier alpha value is -5.35. The summed E-state index contributed by atoms with van der Waals surface area (Å²) in [5.41, 5.74) is 0. The topological polar surface area (TPSA) is 231 Å². The van der Waals surface area contributed by atoms with Gasteiger partial charge in [-0.1, -0.05) is 428 Å². The number of phosphoric ester groups is 2. The first kappa shape index (κ1) is 120. The molecule has 0 amide bonds. The molecule has 0 spiro atoms. The molecular weight excluding hydrogens is 1600 g/mol. The van der Waals surface area contributed by atoms with E-state index in [1.54, 1.807) is 0 Å². The Morgan fingerprint density at radius 3 is 0.632 bits per heavy atom. The lowest BCUT2D eigenvalue weighted by atomic mass is 10.0. The molecule has 16 nitrogen and oxygen atoms in total. The van der Waals surface area contributed by atoms with Crippen LogP contribution in [0.5, 0.6) is 0 Å². The van der Waals surface area contributed by atoms with Crippen LogP contribution in [-0.2, 0) is 55.8 Å². The lowest BCUT2D eigenvalue weighted by molar-refractivity contribution is -0.161. The fraction of sp³-hybridized carbons (Fsp3) is 0.692. The molecule has 0 aliphatic carbocycles. The molecule has 4 N–H and O–H groups in total. The molecule has 5 atom stereocenters. The van der Waals surface area contributed by atoms with Crippen LogP contribution in [0.1, 0.15) is 419 Å². The van der Waals surface area contributed by atoms with Crippen LogP contribution < -0.4 is 0 Å². The van der Waals surface area contributed by atoms with Crippen molar-refractivity contribution in [1.82, 2.24) is 0 Å².